The second kappa shape index (κ2) is 6.76. The Morgan fingerprint density at radius 2 is 1.80 bits per heavy atom. The first-order valence-corrected chi connectivity index (χ1v) is 7.59. The SMILES string of the molecule is NC(=S)c1cc(Cl)cc(Br)c1OCc1ccc(Cl)cc1. The number of nitrogens with two attached hydrogens (primary N) is 1. The number of ether oxygens (including phenoxy) is 1. The minimum atomic E-state index is 0.235. The van der Waals surface area contributed by atoms with Crippen molar-refractivity contribution in [2.75, 3.05) is 0 Å². The molecule has 2 N–H and O–H groups in total. The van der Waals surface area contributed by atoms with Crippen molar-refractivity contribution in [1.29, 1.82) is 0 Å². The number of thiocarbonyl (C=S) groups is 1. The largest absolute Gasteiger partial charge is 0.487 e. The smallest absolute Gasteiger partial charge is 0.144 e. The highest BCUT2D eigenvalue weighted by molar-refractivity contribution is 9.10. The number of halogens is 3. The van der Waals surface area contributed by atoms with Gasteiger partial charge < -0.3 is 10.5 Å². The Morgan fingerprint density at radius 1 is 1.15 bits per heavy atom. The molecule has 2 rings (SSSR count). The third-order valence-corrected chi connectivity index (χ3v) is 3.85. The monoisotopic (exact) mass is 389 g/mol. The molecular formula is C14H10BrCl2NOS. The van der Waals surface area contributed by atoms with Crippen LogP contribution in [0.5, 0.6) is 5.75 Å². The number of rotatable bonds is 4. The van der Waals surface area contributed by atoms with Gasteiger partial charge in [0.05, 0.1) is 10.0 Å². The minimum Gasteiger partial charge on any atom is -0.487 e. The van der Waals surface area contributed by atoms with Crippen molar-refractivity contribution in [1.82, 2.24) is 0 Å². The Hall–Kier alpha value is -0.810. The minimum absolute atomic E-state index is 0.235. The molecule has 0 aliphatic carbocycles. The van der Waals surface area contributed by atoms with Gasteiger partial charge in [0.2, 0.25) is 0 Å². The van der Waals surface area contributed by atoms with Gasteiger partial charge in [-0.1, -0.05) is 47.6 Å². The van der Waals surface area contributed by atoms with Gasteiger partial charge in [-0.15, -0.1) is 0 Å². The Morgan fingerprint density at radius 3 is 2.40 bits per heavy atom. The summed E-state index contributed by atoms with van der Waals surface area (Å²) in [6, 6.07) is 10.8. The molecule has 0 saturated carbocycles. The predicted octanol–water partition coefficient (Wildman–Crippen LogP) is 4.97. The molecule has 0 spiro atoms. The van der Waals surface area contributed by atoms with Crippen molar-refractivity contribution in [2.24, 2.45) is 5.73 Å². The van der Waals surface area contributed by atoms with Gasteiger partial charge in [0.25, 0.3) is 0 Å². The molecule has 0 atom stereocenters. The van der Waals surface area contributed by atoms with Gasteiger partial charge in [-0.25, -0.2) is 0 Å². The lowest BCUT2D eigenvalue weighted by molar-refractivity contribution is 0.304. The van der Waals surface area contributed by atoms with Crippen LogP contribution in [-0.4, -0.2) is 4.99 Å². The summed E-state index contributed by atoms with van der Waals surface area (Å²) in [5, 5.41) is 1.23. The van der Waals surface area contributed by atoms with Crippen LogP contribution in [0.3, 0.4) is 0 Å². The Bertz CT molecular complexity index is 646. The molecule has 0 radical (unpaired) electrons. The molecule has 104 valence electrons. The summed E-state index contributed by atoms with van der Waals surface area (Å²) in [6.45, 7) is 0.382. The number of benzene rings is 2. The van der Waals surface area contributed by atoms with Crippen molar-refractivity contribution < 1.29 is 4.74 Å². The van der Waals surface area contributed by atoms with E-state index < -0.39 is 0 Å². The van der Waals surface area contributed by atoms with Crippen molar-refractivity contribution in [3.8, 4) is 5.75 Å². The fourth-order valence-electron chi connectivity index (χ4n) is 1.63. The number of hydrogen-bond acceptors (Lipinski definition) is 2. The summed E-state index contributed by atoms with van der Waals surface area (Å²) in [4.78, 5) is 0.235. The van der Waals surface area contributed by atoms with E-state index in [1.165, 1.54) is 0 Å². The quantitative estimate of drug-likeness (QED) is 0.748. The van der Waals surface area contributed by atoms with Crippen LogP contribution in [0.25, 0.3) is 0 Å². The summed E-state index contributed by atoms with van der Waals surface area (Å²) in [5.41, 5.74) is 7.29. The molecule has 0 aliphatic heterocycles. The third-order valence-electron chi connectivity index (χ3n) is 2.57. The Labute approximate surface area is 141 Å². The molecule has 0 bridgehead atoms. The summed E-state index contributed by atoms with van der Waals surface area (Å²) in [7, 11) is 0. The van der Waals surface area contributed by atoms with Crippen molar-refractivity contribution in [2.45, 2.75) is 6.61 Å². The molecule has 2 aromatic carbocycles. The molecule has 0 heterocycles. The van der Waals surface area contributed by atoms with E-state index in [9.17, 15) is 0 Å². The highest BCUT2D eigenvalue weighted by Gasteiger charge is 2.12. The van der Waals surface area contributed by atoms with Crippen LogP contribution >= 0.6 is 51.3 Å². The molecule has 0 aromatic heterocycles. The van der Waals surface area contributed by atoms with E-state index >= 15 is 0 Å². The van der Waals surface area contributed by atoms with Gasteiger partial charge >= 0.3 is 0 Å². The molecule has 0 unspecified atom stereocenters. The van der Waals surface area contributed by atoms with E-state index in [4.69, 9.17) is 45.9 Å². The van der Waals surface area contributed by atoms with Gasteiger partial charge in [-0.05, 0) is 45.8 Å². The molecule has 0 amide bonds. The summed E-state index contributed by atoms with van der Waals surface area (Å²) < 4.78 is 6.50. The van der Waals surface area contributed by atoms with Gasteiger partial charge in [0.15, 0.2) is 0 Å². The maximum absolute atomic E-state index is 5.99. The molecular weight excluding hydrogens is 381 g/mol. The highest BCUT2D eigenvalue weighted by Crippen LogP contribution is 2.33. The van der Waals surface area contributed by atoms with Crippen LogP contribution in [-0.2, 0) is 6.61 Å². The summed E-state index contributed by atoms with van der Waals surface area (Å²) in [5.74, 6) is 0.580. The van der Waals surface area contributed by atoms with E-state index in [2.05, 4.69) is 15.9 Å². The van der Waals surface area contributed by atoms with Crippen LogP contribution in [0.15, 0.2) is 40.9 Å². The van der Waals surface area contributed by atoms with Crippen LogP contribution in [0.2, 0.25) is 10.0 Å². The first kappa shape index (κ1) is 15.6. The average Bonchev–Trinajstić information content (AvgIpc) is 2.38. The molecule has 20 heavy (non-hydrogen) atoms. The molecule has 0 fully saturated rings. The van der Waals surface area contributed by atoms with Gasteiger partial charge in [-0.2, -0.15) is 0 Å². The molecule has 6 heteroatoms. The lowest BCUT2D eigenvalue weighted by Gasteiger charge is -2.13. The van der Waals surface area contributed by atoms with Crippen LogP contribution in [0, 0.1) is 0 Å². The molecule has 0 saturated heterocycles. The second-order valence-corrected chi connectivity index (χ2v) is 6.21. The van der Waals surface area contributed by atoms with E-state index in [1.54, 1.807) is 12.1 Å². The van der Waals surface area contributed by atoms with Crippen molar-refractivity contribution in [3.63, 3.8) is 0 Å². The first-order chi connectivity index (χ1) is 9.47. The third kappa shape index (κ3) is 3.85. The molecule has 0 aliphatic rings. The van der Waals surface area contributed by atoms with Gasteiger partial charge in [0, 0.05) is 10.0 Å². The van der Waals surface area contributed by atoms with Crippen LogP contribution in [0.1, 0.15) is 11.1 Å². The average molecular weight is 391 g/mol. The zero-order valence-electron chi connectivity index (χ0n) is 10.2. The van der Waals surface area contributed by atoms with E-state index in [0.29, 0.717) is 32.4 Å². The maximum Gasteiger partial charge on any atom is 0.144 e. The number of hydrogen-bond donors (Lipinski definition) is 1. The zero-order valence-corrected chi connectivity index (χ0v) is 14.1. The summed E-state index contributed by atoms with van der Waals surface area (Å²) >= 11 is 20.3. The van der Waals surface area contributed by atoms with E-state index in [0.717, 1.165) is 5.56 Å². The second-order valence-electron chi connectivity index (χ2n) is 4.04. The molecule has 2 nitrogen and oxygen atoms in total. The van der Waals surface area contributed by atoms with Gasteiger partial charge in [0.1, 0.15) is 17.3 Å². The van der Waals surface area contributed by atoms with Crippen molar-refractivity contribution in [3.05, 3.63) is 62.0 Å². The predicted molar refractivity (Wildman–Crippen MR) is 90.8 cm³/mol. The highest BCUT2D eigenvalue weighted by atomic mass is 79.9. The van der Waals surface area contributed by atoms with Crippen LogP contribution in [0.4, 0.5) is 0 Å². The zero-order chi connectivity index (χ0) is 14.7. The summed E-state index contributed by atoms with van der Waals surface area (Å²) in [6.07, 6.45) is 0. The van der Waals surface area contributed by atoms with Crippen LogP contribution < -0.4 is 10.5 Å². The van der Waals surface area contributed by atoms with E-state index in [-0.39, 0.29) is 4.99 Å². The standard InChI is InChI=1S/C14H10BrCl2NOS/c15-12-6-10(17)5-11(14(18)20)13(12)19-7-8-1-3-9(16)4-2-8/h1-6H,7H2,(H2,18,20). The lowest BCUT2D eigenvalue weighted by atomic mass is 10.2. The fourth-order valence-corrected chi connectivity index (χ4v) is 2.83. The lowest BCUT2D eigenvalue weighted by Crippen LogP contribution is -2.12. The van der Waals surface area contributed by atoms with Crippen molar-refractivity contribution >= 4 is 56.3 Å². The normalized spacial score (nSPS) is 10.3. The maximum atomic E-state index is 5.99. The fraction of sp³-hybridized carbons (Fsp3) is 0.0714. The topological polar surface area (TPSA) is 35.2 Å². The Kier molecular flexibility index (Phi) is 5.27. The first-order valence-electron chi connectivity index (χ1n) is 5.63. The Balaban J connectivity index is 2.24. The van der Waals surface area contributed by atoms with E-state index in [1.807, 2.05) is 24.3 Å². The molecule has 2 aromatic rings. The van der Waals surface area contributed by atoms with Gasteiger partial charge in [-0.3, -0.25) is 0 Å².